The van der Waals surface area contributed by atoms with E-state index in [4.69, 9.17) is 4.74 Å². The predicted molar refractivity (Wildman–Crippen MR) is 61.2 cm³/mol. The molecule has 0 aromatic rings. The average molecular weight is 227 g/mol. The van der Waals surface area contributed by atoms with Gasteiger partial charge in [-0.25, -0.2) is 4.79 Å². The third-order valence-electron chi connectivity index (χ3n) is 2.73. The predicted octanol–water partition coefficient (Wildman–Crippen LogP) is 2.27. The Balaban J connectivity index is 2.34. The SMILES string of the molecule is CC(=O)[C@H]1CC[C@H](NC(=O)OC(C)(C)C)C1. The Kier molecular flexibility index (Phi) is 3.94. The number of nitrogens with one attached hydrogen (secondary N) is 1. The standard InChI is InChI=1S/C12H21NO3/c1-8(14)9-5-6-10(7-9)13-11(15)16-12(2,3)4/h9-10H,5-7H2,1-4H3,(H,13,15)/t9-,10-/m0/s1. The van der Waals surface area contributed by atoms with E-state index in [2.05, 4.69) is 5.32 Å². The Bertz CT molecular complexity index is 280. The van der Waals surface area contributed by atoms with Gasteiger partial charge >= 0.3 is 6.09 Å². The highest BCUT2D eigenvalue weighted by Crippen LogP contribution is 2.26. The molecule has 0 aromatic carbocycles. The van der Waals surface area contributed by atoms with Gasteiger partial charge in [-0.1, -0.05) is 0 Å². The summed E-state index contributed by atoms with van der Waals surface area (Å²) in [7, 11) is 0. The van der Waals surface area contributed by atoms with E-state index in [1.165, 1.54) is 0 Å². The number of hydrogen-bond acceptors (Lipinski definition) is 3. The molecule has 1 aliphatic carbocycles. The van der Waals surface area contributed by atoms with E-state index in [0.717, 1.165) is 19.3 Å². The number of alkyl carbamates (subject to hydrolysis) is 1. The Hall–Kier alpha value is -1.06. The highest BCUT2D eigenvalue weighted by Gasteiger charge is 2.29. The van der Waals surface area contributed by atoms with E-state index in [1.807, 2.05) is 20.8 Å². The Morgan fingerprint density at radius 1 is 1.25 bits per heavy atom. The Morgan fingerprint density at radius 3 is 2.31 bits per heavy atom. The smallest absolute Gasteiger partial charge is 0.407 e. The molecule has 92 valence electrons. The molecule has 1 aliphatic rings. The van der Waals surface area contributed by atoms with Crippen LogP contribution in [-0.2, 0) is 9.53 Å². The second-order valence-electron chi connectivity index (χ2n) is 5.46. The maximum atomic E-state index is 11.5. The minimum absolute atomic E-state index is 0.0868. The number of ketones is 1. The molecule has 0 spiro atoms. The monoisotopic (exact) mass is 227 g/mol. The fourth-order valence-corrected chi connectivity index (χ4v) is 1.96. The Morgan fingerprint density at radius 2 is 1.88 bits per heavy atom. The lowest BCUT2D eigenvalue weighted by atomic mass is 10.0. The summed E-state index contributed by atoms with van der Waals surface area (Å²) in [5.41, 5.74) is -0.470. The summed E-state index contributed by atoms with van der Waals surface area (Å²) in [5, 5.41) is 2.81. The van der Waals surface area contributed by atoms with Gasteiger partial charge in [0.2, 0.25) is 0 Å². The summed E-state index contributed by atoms with van der Waals surface area (Å²) in [6, 6.07) is 0.0868. The zero-order chi connectivity index (χ0) is 12.3. The molecule has 0 heterocycles. The van der Waals surface area contributed by atoms with Gasteiger partial charge in [0.25, 0.3) is 0 Å². The quantitative estimate of drug-likeness (QED) is 0.787. The lowest BCUT2D eigenvalue weighted by Crippen LogP contribution is -2.38. The lowest BCUT2D eigenvalue weighted by Gasteiger charge is -2.21. The molecular formula is C12H21NO3. The van der Waals surface area contributed by atoms with Crippen LogP contribution in [0.2, 0.25) is 0 Å². The number of carbonyl (C=O) groups excluding carboxylic acids is 2. The molecule has 4 nitrogen and oxygen atoms in total. The number of amides is 1. The first-order valence-corrected chi connectivity index (χ1v) is 5.78. The largest absolute Gasteiger partial charge is 0.444 e. The average Bonchev–Trinajstić information content (AvgIpc) is 2.48. The van der Waals surface area contributed by atoms with Crippen molar-refractivity contribution in [1.82, 2.24) is 5.32 Å². The second-order valence-corrected chi connectivity index (χ2v) is 5.46. The molecule has 2 atom stereocenters. The molecule has 1 N–H and O–H groups in total. The van der Waals surface area contributed by atoms with E-state index in [9.17, 15) is 9.59 Å². The molecule has 16 heavy (non-hydrogen) atoms. The van der Waals surface area contributed by atoms with Gasteiger partial charge in [0.15, 0.2) is 0 Å². The first-order chi connectivity index (χ1) is 7.28. The molecule has 1 rings (SSSR count). The van der Waals surface area contributed by atoms with Crippen molar-refractivity contribution in [3.63, 3.8) is 0 Å². The van der Waals surface area contributed by atoms with Crippen molar-refractivity contribution in [1.29, 1.82) is 0 Å². The van der Waals surface area contributed by atoms with Gasteiger partial charge < -0.3 is 10.1 Å². The first-order valence-electron chi connectivity index (χ1n) is 5.78. The molecule has 0 radical (unpaired) electrons. The van der Waals surface area contributed by atoms with Crippen LogP contribution in [-0.4, -0.2) is 23.5 Å². The van der Waals surface area contributed by atoms with Crippen LogP contribution in [0.5, 0.6) is 0 Å². The fraction of sp³-hybridized carbons (Fsp3) is 0.833. The Labute approximate surface area is 96.7 Å². The van der Waals surface area contributed by atoms with E-state index in [0.29, 0.717) is 0 Å². The van der Waals surface area contributed by atoms with Crippen LogP contribution >= 0.6 is 0 Å². The fourth-order valence-electron chi connectivity index (χ4n) is 1.96. The summed E-state index contributed by atoms with van der Waals surface area (Å²) < 4.78 is 5.16. The molecule has 0 aromatic heterocycles. The van der Waals surface area contributed by atoms with Crippen molar-refractivity contribution in [3.05, 3.63) is 0 Å². The van der Waals surface area contributed by atoms with Crippen LogP contribution in [0.1, 0.15) is 47.0 Å². The van der Waals surface area contributed by atoms with Crippen LogP contribution in [0.25, 0.3) is 0 Å². The number of ether oxygens (including phenoxy) is 1. The van der Waals surface area contributed by atoms with Gasteiger partial charge in [0, 0.05) is 12.0 Å². The number of carbonyl (C=O) groups is 2. The molecule has 1 amide bonds. The number of Topliss-reactive ketones (excluding diaryl/α,β-unsaturated/α-hetero) is 1. The van der Waals surface area contributed by atoms with Crippen LogP contribution in [0, 0.1) is 5.92 Å². The lowest BCUT2D eigenvalue weighted by molar-refractivity contribution is -0.120. The summed E-state index contributed by atoms with van der Waals surface area (Å²) in [6.07, 6.45) is 2.09. The van der Waals surface area contributed by atoms with Crippen molar-refractivity contribution in [2.75, 3.05) is 0 Å². The number of hydrogen-bond donors (Lipinski definition) is 1. The minimum Gasteiger partial charge on any atom is -0.444 e. The highest BCUT2D eigenvalue weighted by molar-refractivity contribution is 5.78. The maximum Gasteiger partial charge on any atom is 0.407 e. The van der Waals surface area contributed by atoms with Crippen molar-refractivity contribution in [2.24, 2.45) is 5.92 Å². The molecule has 1 saturated carbocycles. The van der Waals surface area contributed by atoms with Crippen LogP contribution < -0.4 is 5.32 Å². The highest BCUT2D eigenvalue weighted by atomic mass is 16.6. The third kappa shape index (κ3) is 4.21. The van der Waals surface area contributed by atoms with E-state index < -0.39 is 5.60 Å². The van der Waals surface area contributed by atoms with Crippen LogP contribution in [0.15, 0.2) is 0 Å². The van der Waals surface area contributed by atoms with Gasteiger partial charge in [-0.05, 0) is 47.0 Å². The summed E-state index contributed by atoms with van der Waals surface area (Å²) in [6.45, 7) is 7.11. The van der Waals surface area contributed by atoms with Crippen molar-refractivity contribution >= 4 is 11.9 Å². The first kappa shape index (κ1) is 13.0. The molecule has 0 aliphatic heterocycles. The summed E-state index contributed by atoms with van der Waals surface area (Å²) >= 11 is 0. The summed E-state index contributed by atoms with van der Waals surface area (Å²) in [4.78, 5) is 22.6. The van der Waals surface area contributed by atoms with Crippen molar-refractivity contribution in [2.45, 2.75) is 58.6 Å². The topological polar surface area (TPSA) is 55.4 Å². The van der Waals surface area contributed by atoms with Crippen molar-refractivity contribution < 1.29 is 14.3 Å². The summed E-state index contributed by atoms with van der Waals surface area (Å²) in [5.74, 6) is 0.327. The van der Waals surface area contributed by atoms with Gasteiger partial charge in [-0.15, -0.1) is 0 Å². The van der Waals surface area contributed by atoms with Gasteiger partial charge in [-0.3, -0.25) is 4.79 Å². The van der Waals surface area contributed by atoms with E-state index in [1.54, 1.807) is 6.92 Å². The maximum absolute atomic E-state index is 11.5. The van der Waals surface area contributed by atoms with Gasteiger partial charge in [-0.2, -0.15) is 0 Å². The molecule has 4 heteroatoms. The molecule has 1 fully saturated rings. The van der Waals surface area contributed by atoms with Gasteiger partial charge in [0.05, 0.1) is 0 Å². The van der Waals surface area contributed by atoms with E-state index in [-0.39, 0.29) is 23.8 Å². The normalized spacial score (nSPS) is 25.2. The van der Waals surface area contributed by atoms with Crippen molar-refractivity contribution in [3.8, 4) is 0 Å². The van der Waals surface area contributed by atoms with Gasteiger partial charge in [0.1, 0.15) is 11.4 Å². The third-order valence-corrected chi connectivity index (χ3v) is 2.73. The van der Waals surface area contributed by atoms with Crippen LogP contribution in [0.4, 0.5) is 4.79 Å². The second kappa shape index (κ2) is 4.85. The number of rotatable bonds is 2. The molecule has 0 bridgehead atoms. The zero-order valence-electron chi connectivity index (χ0n) is 10.5. The molecular weight excluding hydrogens is 206 g/mol. The molecule has 0 saturated heterocycles. The molecule has 0 unspecified atom stereocenters. The zero-order valence-corrected chi connectivity index (χ0v) is 10.5. The van der Waals surface area contributed by atoms with Crippen LogP contribution in [0.3, 0.4) is 0 Å². The minimum atomic E-state index is -0.470. The van der Waals surface area contributed by atoms with E-state index >= 15 is 0 Å².